The van der Waals surface area contributed by atoms with E-state index in [2.05, 4.69) is 54.3 Å². The second kappa shape index (κ2) is 10.8. The van der Waals surface area contributed by atoms with Crippen LogP contribution in [0.15, 0.2) is 71.2 Å². The second-order valence-corrected chi connectivity index (χ2v) is 13.7. The largest absolute Gasteiger partial charge is 0.504 e. The molecule has 2 aromatic rings. The lowest BCUT2D eigenvalue weighted by atomic mass is 9.57. The summed E-state index contributed by atoms with van der Waals surface area (Å²) in [6.07, 6.45) is 12.5. The summed E-state index contributed by atoms with van der Waals surface area (Å²) in [5, 5.41) is 10.3. The van der Waals surface area contributed by atoms with Crippen molar-refractivity contribution in [3.63, 3.8) is 0 Å². The van der Waals surface area contributed by atoms with Crippen molar-refractivity contribution in [1.82, 2.24) is 9.80 Å². The molecule has 0 radical (unpaired) electrons. The molecule has 2 spiro atoms. The average molecular weight is 641 g/mol. The number of hydrogen-bond donors (Lipinski definition) is 1. The highest BCUT2D eigenvalue weighted by Crippen LogP contribution is 2.64. The summed E-state index contributed by atoms with van der Waals surface area (Å²) in [5.74, 6) is 4.45. The van der Waals surface area contributed by atoms with Crippen LogP contribution in [0.2, 0.25) is 0 Å². The Bertz CT molecular complexity index is 1770. The molecule has 8 heteroatoms. The minimum Gasteiger partial charge on any atom is -0.504 e. The van der Waals surface area contributed by atoms with Gasteiger partial charge >= 0.3 is 0 Å². The van der Waals surface area contributed by atoms with Gasteiger partial charge in [0, 0.05) is 23.2 Å². The van der Waals surface area contributed by atoms with Crippen LogP contribution in [0.3, 0.4) is 0 Å². The molecular weight excluding hydrogens is 592 g/mol. The number of phenolic OH excluding ortho intramolecular Hbond substituents is 1. The van der Waals surface area contributed by atoms with Crippen LogP contribution in [-0.2, 0) is 33.1 Å². The van der Waals surface area contributed by atoms with Gasteiger partial charge in [-0.15, -0.1) is 0 Å². The van der Waals surface area contributed by atoms with Crippen LogP contribution in [0.1, 0.15) is 49.9 Å². The van der Waals surface area contributed by atoms with E-state index in [-0.39, 0.29) is 43.6 Å². The quantitative estimate of drug-likeness (QED) is 0.451. The molecule has 8 aliphatic rings. The van der Waals surface area contributed by atoms with E-state index >= 15 is 0 Å². The molecule has 4 aliphatic carbocycles. The van der Waals surface area contributed by atoms with Crippen molar-refractivity contribution in [2.45, 2.75) is 75.7 Å². The molecule has 4 aliphatic heterocycles. The highest BCUT2D eigenvalue weighted by Gasteiger charge is 2.63. The maximum Gasteiger partial charge on any atom is 0.169 e. The van der Waals surface area contributed by atoms with Crippen LogP contribution in [0, 0.1) is 0 Å². The molecule has 10 rings (SSSR count). The zero-order valence-corrected chi connectivity index (χ0v) is 26.6. The first-order valence-electron chi connectivity index (χ1n) is 16.1. The fourth-order valence-corrected chi connectivity index (χ4v) is 10.0. The number of ether oxygens (including phenoxy) is 5. The summed E-state index contributed by atoms with van der Waals surface area (Å²) in [7, 11) is 9.58. The maximum absolute atomic E-state index is 10.3. The summed E-state index contributed by atoms with van der Waals surface area (Å²) >= 11 is 0. The summed E-state index contributed by atoms with van der Waals surface area (Å²) in [6.45, 7) is 2.11. The van der Waals surface area contributed by atoms with Gasteiger partial charge < -0.3 is 28.8 Å². The number of benzene rings is 2. The maximum atomic E-state index is 10.3. The Morgan fingerprint density at radius 3 is 1.68 bits per heavy atom. The highest BCUT2D eigenvalue weighted by atomic mass is 16.6. The number of allylic oxidation sites excluding steroid dienone is 4. The van der Waals surface area contributed by atoms with Gasteiger partial charge in [-0.2, -0.15) is 0 Å². The minimum absolute atomic E-state index is 0. The predicted octanol–water partition coefficient (Wildman–Crippen LogP) is 5.82. The molecule has 2 fully saturated rings. The molecule has 4 heterocycles. The average Bonchev–Trinajstić information content (AvgIpc) is 3.60. The number of likely N-dealkylation sites (N-methyl/N-ethyl adjacent to an activating group) is 2. The monoisotopic (exact) mass is 640 g/mol. The summed E-state index contributed by atoms with van der Waals surface area (Å²) < 4.78 is 29.6. The number of aromatic hydroxyl groups is 1. The lowest BCUT2D eigenvalue weighted by Crippen LogP contribution is -2.58. The number of nitrogens with zero attached hydrogens (tertiary/aromatic N) is 2. The van der Waals surface area contributed by atoms with E-state index < -0.39 is 0 Å². The summed E-state index contributed by atoms with van der Waals surface area (Å²) in [6, 6.07) is 8.97. The summed E-state index contributed by atoms with van der Waals surface area (Å²) in [4.78, 5) is 4.92. The number of rotatable bonds is 3. The SMILES string of the molecule is C.C.COC1=CC=C2C3Cc4ccc(O)c5c4[C@@]2(CCN3C)C1O5.COC1=CC=C2C3Cc4ccc(OC)c5c4[C@@]2(CCN3C)C1O5. The van der Waals surface area contributed by atoms with Gasteiger partial charge in [0.2, 0.25) is 0 Å². The Labute approximate surface area is 278 Å². The third kappa shape index (κ3) is 3.77. The number of phenols is 1. The van der Waals surface area contributed by atoms with Crippen molar-refractivity contribution in [1.29, 1.82) is 0 Å². The van der Waals surface area contributed by atoms with E-state index in [1.165, 1.54) is 33.4 Å². The van der Waals surface area contributed by atoms with Gasteiger partial charge in [0.05, 0.1) is 32.2 Å². The van der Waals surface area contributed by atoms with Crippen LogP contribution in [0.25, 0.3) is 0 Å². The van der Waals surface area contributed by atoms with Crippen LogP contribution in [0.4, 0.5) is 0 Å². The molecule has 6 atom stereocenters. The van der Waals surface area contributed by atoms with Crippen molar-refractivity contribution in [3.05, 3.63) is 93.5 Å². The normalized spacial score (nSPS) is 32.4. The third-order valence-corrected chi connectivity index (χ3v) is 12.1. The minimum atomic E-state index is -0.154. The Morgan fingerprint density at radius 2 is 1.17 bits per heavy atom. The topological polar surface area (TPSA) is 72.9 Å². The van der Waals surface area contributed by atoms with Crippen molar-refractivity contribution in [3.8, 4) is 23.0 Å². The summed E-state index contributed by atoms with van der Waals surface area (Å²) in [5.41, 5.74) is 7.93. The molecule has 0 amide bonds. The van der Waals surface area contributed by atoms with Crippen molar-refractivity contribution in [2.24, 2.45) is 0 Å². The fourth-order valence-electron chi connectivity index (χ4n) is 10.0. The van der Waals surface area contributed by atoms with E-state index in [0.717, 1.165) is 61.8 Å². The molecule has 4 bridgehead atoms. The molecule has 2 aromatic carbocycles. The molecule has 47 heavy (non-hydrogen) atoms. The van der Waals surface area contributed by atoms with E-state index in [0.29, 0.717) is 17.8 Å². The Kier molecular flexibility index (Phi) is 7.30. The van der Waals surface area contributed by atoms with Crippen LogP contribution in [-0.4, -0.2) is 87.7 Å². The zero-order chi connectivity index (χ0) is 30.8. The fraction of sp³-hybridized carbons (Fsp3) is 0.487. The van der Waals surface area contributed by atoms with Gasteiger partial charge in [-0.25, -0.2) is 0 Å². The molecule has 2 saturated heterocycles. The highest BCUT2D eigenvalue weighted by molar-refractivity contribution is 5.69. The van der Waals surface area contributed by atoms with Gasteiger partial charge in [-0.05, 0) is 99.4 Å². The van der Waals surface area contributed by atoms with Crippen molar-refractivity contribution in [2.75, 3.05) is 48.5 Å². The van der Waals surface area contributed by atoms with Gasteiger partial charge in [0.15, 0.2) is 35.2 Å². The molecule has 0 saturated carbocycles. The number of hydrogen-bond acceptors (Lipinski definition) is 8. The number of methoxy groups -OCH3 is 3. The molecule has 4 unspecified atom stereocenters. The molecule has 0 aromatic heterocycles. The first-order valence-corrected chi connectivity index (χ1v) is 16.1. The van der Waals surface area contributed by atoms with Gasteiger partial charge in [0.25, 0.3) is 0 Å². The smallest absolute Gasteiger partial charge is 0.169 e. The van der Waals surface area contributed by atoms with Crippen LogP contribution < -0.4 is 14.2 Å². The Morgan fingerprint density at radius 1 is 0.681 bits per heavy atom. The van der Waals surface area contributed by atoms with Gasteiger partial charge in [0.1, 0.15) is 11.5 Å². The molecular formula is C39H48N2O6. The lowest BCUT2D eigenvalue weighted by Gasteiger charge is -2.52. The lowest BCUT2D eigenvalue weighted by molar-refractivity contribution is 0.0734. The molecule has 8 nitrogen and oxygen atoms in total. The molecule has 1 N–H and O–H groups in total. The van der Waals surface area contributed by atoms with Gasteiger partial charge in [-0.1, -0.05) is 39.1 Å². The standard InChI is InChI=1S/C19H21NO3.C18H19NO3.2CH4/c1-20-9-8-19-12-5-7-15(22-3)18(19)23-17-14(21-2)6-4-11(16(17)19)10-13(12)20;1-19-8-7-18-11-4-6-14(21-2)17(18)22-16-13(20)5-3-10(15(16)18)9-12(11)19;;/h4-7,13,18H,8-10H2,1-3H3;3-6,12,17,20H,7-9H2,1-2H3;2*1H4/t13?,18?,19-;12?,17?,18-;;/m00../s1. The van der Waals surface area contributed by atoms with E-state index in [4.69, 9.17) is 23.7 Å². The van der Waals surface area contributed by atoms with E-state index in [1.54, 1.807) is 27.4 Å². The van der Waals surface area contributed by atoms with E-state index in [9.17, 15) is 5.11 Å². The first kappa shape index (κ1) is 31.7. The van der Waals surface area contributed by atoms with Crippen LogP contribution >= 0.6 is 0 Å². The molecule has 250 valence electrons. The van der Waals surface area contributed by atoms with Gasteiger partial charge in [-0.3, -0.25) is 9.80 Å². The number of likely N-dealkylation sites (tertiary alicyclic amines) is 2. The number of piperidine rings is 2. The van der Waals surface area contributed by atoms with Crippen molar-refractivity contribution < 1.29 is 28.8 Å². The third-order valence-electron chi connectivity index (χ3n) is 12.1. The van der Waals surface area contributed by atoms with Crippen molar-refractivity contribution >= 4 is 0 Å². The zero-order valence-electron chi connectivity index (χ0n) is 26.6. The van der Waals surface area contributed by atoms with Crippen LogP contribution in [0.5, 0.6) is 23.0 Å². The second-order valence-electron chi connectivity index (χ2n) is 13.7. The van der Waals surface area contributed by atoms with E-state index in [1.807, 2.05) is 12.1 Å². The Hall–Kier alpha value is -3.88. The Balaban J connectivity index is 0.000000143. The predicted molar refractivity (Wildman–Crippen MR) is 183 cm³/mol. The first-order chi connectivity index (χ1) is 21.9.